The first-order valence-corrected chi connectivity index (χ1v) is 14.6. The quantitative estimate of drug-likeness (QED) is 0.196. The zero-order valence-corrected chi connectivity index (χ0v) is 24.4. The van der Waals surface area contributed by atoms with Gasteiger partial charge < -0.3 is 20.7 Å². The van der Waals surface area contributed by atoms with Crippen molar-refractivity contribution in [3.8, 4) is 0 Å². The predicted octanol–water partition coefficient (Wildman–Crippen LogP) is 4.66. The Bertz CT molecular complexity index is 1470. The zero-order chi connectivity index (χ0) is 29.9. The third-order valence-electron chi connectivity index (χ3n) is 6.40. The van der Waals surface area contributed by atoms with Crippen LogP contribution in [0.2, 0.25) is 0 Å². The Balaban J connectivity index is 1.41. The minimum atomic E-state index is -0.986. The van der Waals surface area contributed by atoms with Gasteiger partial charge in [-0.25, -0.2) is 9.78 Å². The summed E-state index contributed by atoms with van der Waals surface area (Å²) in [6, 6.07) is 24.0. The van der Waals surface area contributed by atoms with Gasteiger partial charge in [0.2, 0.25) is 17.6 Å². The Morgan fingerprint density at radius 1 is 0.786 bits per heavy atom. The summed E-state index contributed by atoms with van der Waals surface area (Å²) in [7, 11) is 0. The molecule has 1 heterocycles. The average Bonchev–Trinajstić information content (AvgIpc) is 3.43. The summed E-state index contributed by atoms with van der Waals surface area (Å²) in [5, 5.41) is 8.40. The minimum absolute atomic E-state index is 0.0599. The zero-order valence-electron chi connectivity index (χ0n) is 23.5. The number of nitrogens with one attached hydrogen (secondary N) is 3. The Hall–Kier alpha value is -4.57. The second kappa shape index (κ2) is 14.9. The van der Waals surface area contributed by atoms with Gasteiger partial charge >= 0.3 is 6.09 Å². The van der Waals surface area contributed by atoms with Crippen LogP contribution in [0, 0.1) is 5.92 Å². The number of carbonyl (C=O) groups excluding carboxylic acids is 4. The summed E-state index contributed by atoms with van der Waals surface area (Å²) >= 11 is 1.26. The van der Waals surface area contributed by atoms with E-state index in [1.807, 2.05) is 98.8 Å². The fourth-order valence-corrected chi connectivity index (χ4v) is 5.20. The molecule has 0 aliphatic heterocycles. The molecule has 0 saturated heterocycles. The molecule has 0 spiro atoms. The predicted molar refractivity (Wildman–Crippen MR) is 162 cm³/mol. The number of hydrogen-bond acceptors (Lipinski definition) is 7. The standard InChI is InChI=1S/C32H34N4O5S/c1-21(2)17-25(36-32(40)41-20-23-13-7-4-8-14-23)30(39)34-26(18-22-11-5-3-6-12-22)29(38)33-19-27(37)31-35-24-15-9-10-16-28(24)42-31/h3-16,21,25-26H,17-20H2,1-2H3,(H,33,38)(H,34,39)(H,36,40)/t25-,26-/m0/s1. The first kappa shape index (κ1) is 30.4. The second-order valence-corrected chi connectivity index (χ2v) is 11.3. The van der Waals surface area contributed by atoms with E-state index in [4.69, 9.17) is 4.74 Å². The van der Waals surface area contributed by atoms with Gasteiger partial charge in [-0.1, -0.05) is 86.6 Å². The van der Waals surface area contributed by atoms with Crippen molar-refractivity contribution in [1.82, 2.24) is 20.9 Å². The van der Waals surface area contributed by atoms with Crippen molar-refractivity contribution >= 4 is 45.2 Å². The highest BCUT2D eigenvalue weighted by Gasteiger charge is 2.28. The Labute approximate surface area is 248 Å². The number of hydrogen-bond donors (Lipinski definition) is 3. The highest BCUT2D eigenvalue weighted by Crippen LogP contribution is 2.21. The molecular weight excluding hydrogens is 552 g/mol. The molecule has 3 aromatic carbocycles. The number of carbonyl (C=O) groups is 4. The molecule has 9 nitrogen and oxygen atoms in total. The molecule has 0 radical (unpaired) electrons. The number of aromatic nitrogens is 1. The van der Waals surface area contributed by atoms with Gasteiger partial charge in [0.25, 0.3) is 0 Å². The van der Waals surface area contributed by atoms with Crippen molar-refractivity contribution in [2.24, 2.45) is 5.92 Å². The van der Waals surface area contributed by atoms with Crippen LogP contribution in [0.25, 0.3) is 10.2 Å². The number of ketones is 1. The first-order valence-electron chi connectivity index (χ1n) is 13.8. The maximum atomic E-state index is 13.4. The maximum absolute atomic E-state index is 13.4. The number of alkyl carbamates (subject to hydrolysis) is 1. The van der Waals surface area contributed by atoms with Gasteiger partial charge in [-0.2, -0.15) is 0 Å². The molecule has 0 unspecified atom stereocenters. The molecule has 10 heteroatoms. The minimum Gasteiger partial charge on any atom is -0.445 e. The van der Waals surface area contributed by atoms with Crippen LogP contribution in [-0.2, 0) is 27.4 Å². The molecular formula is C32H34N4O5S. The number of Topliss-reactive ketones (excluding diaryl/α,β-unsaturated/α-hetero) is 1. The first-order chi connectivity index (χ1) is 20.3. The van der Waals surface area contributed by atoms with E-state index in [1.54, 1.807) is 0 Å². The smallest absolute Gasteiger partial charge is 0.408 e. The topological polar surface area (TPSA) is 126 Å². The Kier molecular flexibility index (Phi) is 10.8. The van der Waals surface area contributed by atoms with Gasteiger partial charge in [0.1, 0.15) is 18.7 Å². The molecule has 4 rings (SSSR count). The van der Waals surface area contributed by atoms with E-state index in [0.717, 1.165) is 21.3 Å². The number of fused-ring (bicyclic) bond motifs is 1. The molecule has 0 fully saturated rings. The molecule has 3 N–H and O–H groups in total. The summed E-state index contributed by atoms with van der Waals surface area (Å²) < 4.78 is 6.20. The molecule has 0 bridgehead atoms. The average molecular weight is 587 g/mol. The fourth-order valence-electron chi connectivity index (χ4n) is 4.30. The lowest BCUT2D eigenvalue weighted by Gasteiger charge is -2.24. The molecule has 4 aromatic rings. The highest BCUT2D eigenvalue weighted by molar-refractivity contribution is 7.20. The van der Waals surface area contributed by atoms with Crippen molar-refractivity contribution in [3.63, 3.8) is 0 Å². The van der Waals surface area contributed by atoms with Crippen LogP contribution in [0.5, 0.6) is 0 Å². The molecule has 42 heavy (non-hydrogen) atoms. The van der Waals surface area contributed by atoms with E-state index in [0.29, 0.717) is 11.4 Å². The van der Waals surface area contributed by atoms with Gasteiger partial charge in [0.15, 0.2) is 5.01 Å². The summed E-state index contributed by atoms with van der Waals surface area (Å²) in [5.74, 6) is -1.29. The molecule has 0 saturated carbocycles. The van der Waals surface area contributed by atoms with E-state index in [9.17, 15) is 19.2 Å². The lowest BCUT2D eigenvalue weighted by atomic mass is 10.0. The molecule has 2 atom stereocenters. The van der Waals surface area contributed by atoms with E-state index < -0.39 is 30.0 Å². The number of nitrogens with zero attached hydrogens (tertiary/aromatic N) is 1. The second-order valence-electron chi connectivity index (χ2n) is 10.3. The molecule has 0 aliphatic carbocycles. The van der Waals surface area contributed by atoms with Crippen molar-refractivity contribution in [1.29, 1.82) is 0 Å². The number of para-hydroxylation sites is 1. The maximum Gasteiger partial charge on any atom is 0.408 e. The van der Waals surface area contributed by atoms with E-state index in [2.05, 4.69) is 20.9 Å². The van der Waals surface area contributed by atoms with Crippen LogP contribution in [0.1, 0.15) is 41.2 Å². The van der Waals surface area contributed by atoms with E-state index in [1.165, 1.54) is 11.3 Å². The number of ether oxygens (including phenoxy) is 1. The fraction of sp³-hybridized carbons (Fsp3) is 0.281. The van der Waals surface area contributed by atoms with Crippen molar-refractivity contribution in [2.75, 3.05) is 6.54 Å². The largest absolute Gasteiger partial charge is 0.445 e. The summed E-state index contributed by atoms with van der Waals surface area (Å²) in [5.41, 5.74) is 2.36. The van der Waals surface area contributed by atoms with Crippen LogP contribution in [0.3, 0.4) is 0 Å². The van der Waals surface area contributed by atoms with Gasteiger partial charge in [0.05, 0.1) is 16.8 Å². The van der Waals surface area contributed by atoms with Crippen molar-refractivity contribution in [3.05, 3.63) is 101 Å². The lowest BCUT2D eigenvalue weighted by molar-refractivity contribution is -0.130. The van der Waals surface area contributed by atoms with Gasteiger partial charge in [-0.05, 0) is 35.6 Å². The van der Waals surface area contributed by atoms with Crippen molar-refractivity contribution in [2.45, 2.75) is 45.4 Å². The molecule has 1 aromatic heterocycles. The van der Waals surface area contributed by atoms with E-state index >= 15 is 0 Å². The highest BCUT2D eigenvalue weighted by atomic mass is 32.1. The lowest BCUT2D eigenvalue weighted by Crippen LogP contribution is -2.55. The van der Waals surface area contributed by atoms with E-state index in [-0.39, 0.29) is 31.3 Å². The van der Waals surface area contributed by atoms with Crippen molar-refractivity contribution < 1.29 is 23.9 Å². The van der Waals surface area contributed by atoms with Gasteiger partial charge in [0, 0.05) is 6.42 Å². The number of thiazole rings is 1. The van der Waals surface area contributed by atoms with Crippen LogP contribution < -0.4 is 16.0 Å². The van der Waals surface area contributed by atoms with Gasteiger partial charge in [-0.3, -0.25) is 14.4 Å². The summed E-state index contributed by atoms with van der Waals surface area (Å²) in [6.07, 6.45) is -0.201. The van der Waals surface area contributed by atoms with Crippen LogP contribution >= 0.6 is 11.3 Å². The third kappa shape index (κ3) is 8.97. The Morgan fingerprint density at radius 2 is 1.43 bits per heavy atom. The molecule has 3 amide bonds. The van der Waals surface area contributed by atoms with Gasteiger partial charge in [-0.15, -0.1) is 11.3 Å². The number of benzene rings is 3. The van der Waals surface area contributed by atoms with Crippen LogP contribution in [0.15, 0.2) is 84.9 Å². The SMILES string of the molecule is CC(C)C[C@H](NC(=O)OCc1ccccc1)C(=O)N[C@@H](Cc1ccccc1)C(=O)NCC(=O)c1nc2ccccc2s1. The number of rotatable bonds is 13. The summed E-state index contributed by atoms with van der Waals surface area (Å²) in [4.78, 5) is 56.5. The van der Waals surface area contributed by atoms with Crippen LogP contribution in [0.4, 0.5) is 4.79 Å². The Morgan fingerprint density at radius 3 is 2.10 bits per heavy atom. The number of amides is 3. The van der Waals surface area contributed by atoms with Crippen LogP contribution in [-0.4, -0.2) is 47.3 Å². The third-order valence-corrected chi connectivity index (χ3v) is 7.48. The summed E-state index contributed by atoms with van der Waals surface area (Å²) in [6.45, 7) is 3.65. The molecule has 218 valence electrons. The molecule has 0 aliphatic rings. The monoisotopic (exact) mass is 586 g/mol. The normalized spacial score (nSPS) is 12.4.